The molecule has 1 fully saturated rings. The van der Waals surface area contributed by atoms with Crippen molar-refractivity contribution in [3.63, 3.8) is 0 Å². The average molecular weight is 357 g/mol. The number of fused-ring (bicyclic) bond motifs is 1. The van der Waals surface area contributed by atoms with Crippen molar-refractivity contribution in [2.24, 2.45) is 0 Å². The molecule has 2 aromatic heterocycles. The molecular weight excluding hydrogens is 340 g/mol. The number of piperazine rings is 1. The van der Waals surface area contributed by atoms with Crippen LogP contribution in [0.4, 0.5) is 14.5 Å². The lowest BCUT2D eigenvalue weighted by atomic mass is 10.1. The van der Waals surface area contributed by atoms with Gasteiger partial charge in [-0.2, -0.15) is 0 Å². The first-order valence-corrected chi connectivity index (χ1v) is 8.37. The van der Waals surface area contributed by atoms with Crippen LogP contribution in [0, 0.1) is 18.6 Å². The number of furan rings is 1. The smallest absolute Gasteiger partial charge is 0.289 e. The molecule has 0 bridgehead atoms. The van der Waals surface area contributed by atoms with Crippen LogP contribution in [0.2, 0.25) is 0 Å². The number of hydrogen-bond donors (Lipinski definition) is 0. The summed E-state index contributed by atoms with van der Waals surface area (Å²) in [6.45, 7) is 3.97. The fraction of sp³-hybridized carbons (Fsp3) is 0.263. The third kappa shape index (κ3) is 2.79. The molecule has 0 unspecified atom stereocenters. The van der Waals surface area contributed by atoms with Crippen LogP contribution in [-0.2, 0) is 0 Å². The topological polar surface area (TPSA) is 49.6 Å². The van der Waals surface area contributed by atoms with Gasteiger partial charge in [-0.3, -0.25) is 4.79 Å². The van der Waals surface area contributed by atoms with Crippen LogP contribution in [0.25, 0.3) is 10.9 Å². The Morgan fingerprint density at radius 2 is 1.92 bits per heavy atom. The maximum atomic E-state index is 14.1. The lowest BCUT2D eigenvalue weighted by molar-refractivity contribution is 0.0715. The lowest BCUT2D eigenvalue weighted by Gasteiger charge is -2.36. The number of carbonyl (C=O) groups excluding carboxylic acids is 1. The molecule has 0 aliphatic carbocycles. The number of nitrogens with zero attached hydrogens (tertiary/aromatic N) is 3. The van der Waals surface area contributed by atoms with E-state index in [1.54, 1.807) is 30.0 Å². The molecule has 1 aromatic carbocycles. The molecule has 1 aliphatic heterocycles. The molecule has 5 nitrogen and oxygen atoms in total. The summed E-state index contributed by atoms with van der Waals surface area (Å²) in [6.07, 6.45) is 1.48. The fourth-order valence-corrected chi connectivity index (χ4v) is 3.31. The van der Waals surface area contributed by atoms with E-state index in [-0.39, 0.29) is 11.4 Å². The summed E-state index contributed by atoms with van der Waals surface area (Å²) in [5, 5.41) is 0.570. The number of rotatable bonds is 2. The Balaban J connectivity index is 1.60. The normalized spacial score (nSPS) is 14.9. The number of pyridine rings is 1. The van der Waals surface area contributed by atoms with Gasteiger partial charge < -0.3 is 14.2 Å². The molecule has 1 amide bonds. The van der Waals surface area contributed by atoms with Gasteiger partial charge in [-0.15, -0.1) is 0 Å². The van der Waals surface area contributed by atoms with Gasteiger partial charge in [0.25, 0.3) is 5.91 Å². The molecule has 3 heterocycles. The molecule has 3 aromatic rings. The second kappa shape index (κ2) is 6.40. The first-order valence-electron chi connectivity index (χ1n) is 8.37. The number of carbonyl (C=O) groups is 1. The zero-order chi connectivity index (χ0) is 18.3. The number of hydrogen-bond acceptors (Lipinski definition) is 4. The van der Waals surface area contributed by atoms with E-state index in [0.717, 1.165) is 11.8 Å². The van der Waals surface area contributed by atoms with Crippen molar-refractivity contribution in [2.45, 2.75) is 6.92 Å². The summed E-state index contributed by atoms with van der Waals surface area (Å²) >= 11 is 0. The van der Waals surface area contributed by atoms with Crippen molar-refractivity contribution in [3.8, 4) is 0 Å². The van der Waals surface area contributed by atoms with Gasteiger partial charge in [0.05, 0.1) is 6.26 Å². The summed E-state index contributed by atoms with van der Waals surface area (Å²) in [5.74, 6) is -1.66. The minimum atomic E-state index is -0.931. The number of aromatic nitrogens is 1. The summed E-state index contributed by atoms with van der Waals surface area (Å²) in [5.41, 5.74) is 1.46. The van der Waals surface area contributed by atoms with Gasteiger partial charge in [0.1, 0.15) is 5.52 Å². The third-order valence-electron chi connectivity index (χ3n) is 4.62. The average Bonchev–Trinajstić information content (AvgIpc) is 3.19. The SMILES string of the molecule is Cc1cc(N2CCN(C(=O)c3ccco3)CC2)c2ccc(F)c(F)c2n1. The van der Waals surface area contributed by atoms with E-state index in [9.17, 15) is 13.6 Å². The van der Waals surface area contributed by atoms with E-state index in [1.165, 1.54) is 6.26 Å². The Labute approximate surface area is 148 Å². The van der Waals surface area contributed by atoms with Crippen LogP contribution >= 0.6 is 0 Å². The zero-order valence-corrected chi connectivity index (χ0v) is 14.2. The number of amides is 1. The largest absolute Gasteiger partial charge is 0.459 e. The monoisotopic (exact) mass is 357 g/mol. The summed E-state index contributed by atoms with van der Waals surface area (Å²) in [4.78, 5) is 20.3. The Hall–Kier alpha value is -2.96. The van der Waals surface area contributed by atoms with Crippen molar-refractivity contribution in [3.05, 3.63) is 59.7 Å². The fourth-order valence-electron chi connectivity index (χ4n) is 3.31. The first kappa shape index (κ1) is 16.5. The van der Waals surface area contributed by atoms with Crippen LogP contribution in [0.15, 0.2) is 41.0 Å². The van der Waals surface area contributed by atoms with Gasteiger partial charge in [0.2, 0.25) is 0 Å². The van der Waals surface area contributed by atoms with Crippen LogP contribution in [0.5, 0.6) is 0 Å². The van der Waals surface area contributed by atoms with Crippen LogP contribution in [-0.4, -0.2) is 42.0 Å². The highest BCUT2D eigenvalue weighted by Crippen LogP contribution is 2.30. The molecule has 0 radical (unpaired) electrons. The van der Waals surface area contributed by atoms with Crippen molar-refractivity contribution in [1.82, 2.24) is 9.88 Å². The number of anilines is 1. The predicted octanol–water partition coefficient (Wildman–Crippen LogP) is 3.38. The Kier molecular flexibility index (Phi) is 4.06. The molecule has 0 N–H and O–H groups in total. The summed E-state index contributed by atoms with van der Waals surface area (Å²) in [7, 11) is 0. The molecule has 1 aliphatic rings. The molecule has 1 saturated heterocycles. The number of aryl methyl sites for hydroxylation is 1. The first-order chi connectivity index (χ1) is 12.5. The van der Waals surface area contributed by atoms with Crippen molar-refractivity contribution in [1.29, 1.82) is 0 Å². The molecule has 0 spiro atoms. The van der Waals surface area contributed by atoms with Crippen LogP contribution in [0.3, 0.4) is 0 Å². The second-order valence-corrected chi connectivity index (χ2v) is 6.30. The van der Waals surface area contributed by atoms with Crippen LogP contribution < -0.4 is 4.90 Å². The molecule has 0 saturated carbocycles. The standard InChI is InChI=1S/C19H17F2N3O2/c1-12-11-15(13-4-5-14(20)17(21)18(13)22-12)23-6-8-24(9-7-23)19(25)16-3-2-10-26-16/h2-5,10-11H,6-9H2,1H3. The Bertz CT molecular complexity index is 965. The molecule has 4 rings (SSSR count). The van der Waals surface area contributed by atoms with E-state index in [0.29, 0.717) is 43.0 Å². The van der Waals surface area contributed by atoms with E-state index in [2.05, 4.69) is 9.88 Å². The van der Waals surface area contributed by atoms with Gasteiger partial charge in [-0.05, 0) is 37.3 Å². The predicted molar refractivity (Wildman–Crippen MR) is 93.2 cm³/mol. The third-order valence-corrected chi connectivity index (χ3v) is 4.62. The van der Waals surface area contributed by atoms with Gasteiger partial charge in [-0.1, -0.05) is 0 Å². The second-order valence-electron chi connectivity index (χ2n) is 6.30. The van der Waals surface area contributed by atoms with E-state index >= 15 is 0 Å². The highest BCUT2D eigenvalue weighted by molar-refractivity contribution is 5.93. The Morgan fingerprint density at radius 3 is 2.62 bits per heavy atom. The number of benzene rings is 1. The minimum absolute atomic E-state index is 0.0362. The highest BCUT2D eigenvalue weighted by atomic mass is 19.2. The van der Waals surface area contributed by atoms with Gasteiger partial charge in [-0.25, -0.2) is 13.8 Å². The molecule has 26 heavy (non-hydrogen) atoms. The zero-order valence-electron chi connectivity index (χ0n) is 14.2. The summed E-state index contributed by atoms with van der Waals surface area (Å²) in [6, 6.07) is 7.86. The van der Waals surface area contributed by atoms with Gasteiger partial charge in [0.15, 0.2) is 17.4 Å². The van der Waals surface area contributed by atoms with Crippen molar-refractivity contribution < 1.29 is 18.0 Å². The molecule has 0 atom stereocenters. The van der Waals surface area contributed by atoms with E-state index < -0.39 is 11.6 Å². The van der Waals surface area contributed by atoms with Gasteiger partial charge >= 0.3 is 0 Å². The van der Waals surface area contributed by atoms with Crippen molar-refractivity contribution in [2.75, 3.05) is 31.1 Å². The van der Waals surface area contributed by atoms with Crippen LogP contribution in [0.1, 0.15) is 16.2 Å². The maximum Gasteiger partial charge on any atom is 0.289 e. The summed E-state index contributed by atoms with van der Waals surface area (Å²) < 4.78 is 32.8. The Morgan fingerprint density at radius 1 is 1.15 bits per heavy atom. The number of halogens is 2. The highest BCUT2D eigenvalue weighted by Gasteiger charge is 2.25. The van der Waals surface area contributed by atoms with Crippen molar-refractivity contribution >= 4 is 22.5 Å². The van der Waals surface area contributed by atoms with Gasteiger partial charge in [0, 0.05) is 42.9 Å². The molecule has 134 valence electrons. The minimum Gasteiger partial charge on any atom is -0.459 e. The van der Waals surface area contributed by atoms with E-state index in [1.807, 2.05) is 6.07 Å². The maximum absolute atomic E-state index is 14.1. The molecular formula is C19H17F2N3O2. The molecule has 7 heteroatoms. The lowest BCUT2D eigenvalue weighted by Crippen LogP contribution is -2.48. The quantitative estimate of drug-likeness (QED) is 0.706. The van der Waals surface area contributed by atoms with E-state index in [4.69, 9.17) is 4.42 Å².